The van der Waals surface area contributed by atoms with Gasteiger partial charge in [-0.1, -0.05) is 0 Å². The van der Waals surface area contributed by atoms with Gasteiger partial charge in [-0.05, 0) is 11.5 Å². The van der Waals surface area contributed by atoms with Crippen LogP contribution in [0.2, 0.25) is 0 Å². The Hall–Kier alpha value is -0.510. The van der Waals surface area contributed by atoms with E-state index in [1.54, 1.807) is 6.92 Å². The topological polar surface area (TPSA) is 72.8 Å². The Morgan fingerprint density at radius 1 is 1.70 bits per heavy atom. The van der Waals surface area contributed by atoms with E-state index in [0.717, 1.165) is 0 Å². The molecule has 0 heterocycles. The number of carbonyl (C=O) groups is 1. The third-order valence-electron chi connectivity index (χ3n) is 0.614. The van der Waals surface area contributed by atoms with Gasteiger partial charge >= 0.3 is 13.7 Å². The minimum Gasteiger partial charge on any atom is -0.441 e. The van der Waals surface area contributed by atoms with Crippen molar-refractivity contribution in [3.8, 4) is 0 Å². The second-order valence-electron chi connectivity index (χ2n) is 1.28. The number of ether oxygens (including phenoxy) is 1. The van der Waals surface area contributed by atoms with E-state index >= 15 is 0 Å². The second kappa shape index (κ2) is 5.29. The van der Waals surface area contributed by atoms with Crippen LogP contribution in [0, 0.1) is 0 Å². The lowest BCUT2D eigenvalue weighted by Gasteiger charge is -1.89. The maximum atomic E-state index is 10.3. The predicted molar refractivity (Wildman–Crippen MR) is 33.2 cm³/mol. The summed E-state index contributed by atoms with van der Waals surface area (Å²) in [7, 11) is -2.61. The molecule has 0 aliphatic rings. The van der Waals surface area contributed by atoms with Gasteiger partial charge in [0.1, 0.15) is 0 Å². The number of rotatable bonds is 5. The first-order chi connectivity index (χ1) is 4.68. The molecule has 0 rings (SSSR count). The van der Waals surface area contributed by atoms with Gasteiger partial charge in [0.2, 0.25) is 6.79 Å². The van der Waals surface area contributed by atoms with Crippen LogP contribution in [0.15, 0.2) is 0 Å². The fourth-order valence-corrected chi connectivity index (χ4v) is 0.504. The lowest BCUT2D eigenvalue weighted by molar-refractivity contribution is 0.0277. The van der Waals surface area contributed by atoms with Gasteiger partial charge in [-0.3, -0.25) is 0 Å². The highest BCUT2D eigenvalue weighted by Crippen LogP contribution is 2.21. The zero-order chi connectivity index (χ0) is 7.98. The third-order valence-corrected chi connectivity index (χ3v) is 1.27. The van der Waals surface area contributed by atoms with Crippen molar-refractivity contribution in [2.75, 3.05) is 13.4 Å². The highest BCUT2D eigenvalue weighted by atomic mass is 31.1. The van der Waals surface area contributed by atoms with Gasteiger partial charge in [0.15, 0.2) is 0 Å². The molecule has 5 nitrogen and oxygen atoms in total. The maximum absolute atomic E-state index is 10.3. The summed E-state index contributed by atoms with van der Waals surface area (Å²) in [4.78, 5) is 9.83. The molecule has 58 valence electrons. The lowest BCUT2D eigenvalue weighted by Crippen LogP contribution is -1.96. The molecular formula is C4H8O5P+. The zero-order valence-electron chi connectivity index (χ0n) is 5.44. The average molecular weight is 167 g/mol. The Morgan fingerprint density at radius 2 is 2.30 bits per heavy atom. The van der Waals surface area contributed by atoms with E-state index in [1.807, 2.05) is 0 Å². The molecule has 0 aromatic rings. The van der Waals surface area contributed by atoms with Gasteiger partial charge in [0, 0.05) is 6.61 Å². The fraction of sp³-hybridized carbons (Fsp3) is 0.750. The highest BCUT2D eigenvalue weighted by Gasteiger charge is 2.30. The minimum atomic E-state index is -2.61. The number of hydrogen-bond acceptors (Lipinski definition) is 4. The molecule has 0 aromatic carbocycles. The van der Waals surface area contributed by atoms with Crippen molar-refractivity contribution in [3.05, 3.63) is 0 Å². The summed E-state index contributed by atoms with van der Waals surface area (Å²) in [6.07, 6.45) is 0. The predicted octanol–water partition coefficient (Wildman–Crippen LogP) is 1.42. The molecule has 0 fully saturated rings. The van der Waals surface area contributed by atoms with Gasteiger partial charge in [-0.25, -0.2) is 0 Å². The Balaban J connectivity index is 3.31. The van der Waals surface area contributed by atoms with Gasteiger partial charge in [-0.2, -0.15) is 4.79 Å². The maximum Gasteiger partial charge on any atom is 0.638 e. The number of hydrogen-bond donors (Lipinski definition) is 1. The summed E-state index contributed by atoms with van der Waals surface area (Å²) in [5.74, 6) is 0. The molecule has 0 aliphatic carbocycles. The molecule has 0 radical (unpaired) electrons. The Morgan fingerprint density at radius 3 is 2.70 bits per heavy atom. The first-order valence-corrected chi connectivity index (χ1v) is 3.77. The molecule has 0 saturated carbocycles. The van der Waals surface area contributed by atoms with Gasteiger partial charge in [0.25, 0.3) is 0 Å². The van der Waals surface area contributed by atoms with Crippen LogP contribution in [0.5, 0.6) is 0 Å². The lowest BCUT2D eigenvalue weighted by atomic mass is 10.9. The quantitative estimate of drug-likeness (QED) is 0.380. The highest BCUT2D eigenvalue weighted by molar-refractivity contribution is 7.58. The van der Waals surface area contributed by atoms with E-state index < -0.39 is 13.7 Å². The molecule has 0 amide bonds. The van der Waals surface area contributed by atoms with Crippen molar-refractivity contribution in [1.29, 1.82) is 0 Å². The molecule has 0 bridgehead atoms. The molecular weight excluding hydrogens is 159 g/mol. The van der Waals surface area contributed by atoms with E-state index in [9.17, 15) is 9.36 Å². The van der Waals surface area contributed by atoms with Crippen molar-refractivity contribution in [2.24, 2.45) is 0 Å². The summed E-state index contributed by atoms with van der Waals surface area (Å²) in [6, 6.07) is 0. The smallest absolute Gasteiger partial charge is 0.441 e. The van der Waals surface area contributed by atoms with E-state index in [4.69, 9.17) is 5.11 Å². The zero-order valence-corrected chi connectivity index (χ0v) is 6.34. The van der Waals surface area contributed by atoms with Crippen molar-refractivity contribution < 1.29 is 23.7 Å². The van der Waals surface area contributed by atoms with Crippen molar-refractivity contribution >= 4 is 13.7 Å². The second-order valence-corrected chi connectivity index (χ2v) is 2.43. The first-order valence-electron chi connectivity index (χ1n) is 2.59. The Kier molecular flexibility index (Phi) is 5.02. The normalized spacial score (nSPS) is 11.1. The molecule has 0 spiro atoms. The van der Waals surface area contributed by atoms with Crippen LogP contribution in [0.4, 0.5) is 4.79 Å². The van der Waals surface area contributed by atoms with Gasteiger partial charge in [0.05, 0.1) is 0 Å². The van der Waals surface area contributed by atoms with Crippen LogP contribution in [0.1, 0.15) is 6.92 Å². The van der Waals surface area contributed by atoms with Crippen molar-refractivity contribution in [1.82, 2.24) is 0 Å². The van der Waals surface area contributed by atoms with E-state index in [1.165, 1.54) is 0 Å². The van der Waals surface area contributed by atoms with Gasteiger partial charge < -0.3 is 9.84 Å². The third kappa shape index (κ3) is 4.38. The van der Waals surface area contributed by atoms with Crippen LogP contribution < -0.4 is 0 Å². The van der Waals surface area contributed by atoms with Crippen molar-refractivity contribution in [3.63, 3.8) is 0 Å². The molecule has 0 aliphatic heterocycles. The summed E-state index contributed by atoms with van der Waals surface area (Å²) in [5.41, 5.74) is -1.46. The molecule has 0 saturated heterocycles. The Labute approximate surface area is 58.8 Å². The monoisotopic (exact) mass is 167 g/mol. The first kappa shape index (κ1) is 9.49. The van der Waals surface area contributed by atoms with Crippen LogP contribution in [-0.2, 0) is 13.8 Å². The fourth-order valence-electron chi connectivity index (χ4n) is 0.224. The van der Waals surface area contributed by atoms with Crippen molar-refractivity contribution in [2.45, 2.75) is 6.92 Å². The molecule has 10 heavy (non-hydrogen) atoms. The molecule has 1 N–H and O–H groups in total. The van der Waals surface area contributed by atoms with Gasteiger partial charge in [-0.15, -0.1) is 4.52 Å². The molecule has 6 heteroatoms. The van der Waals surface area contributed by atoms with E-state index in [-0.39, 0.29) is 6.79 Å². The van der Waals surface area contributed by atoms with Crippen LogP contribution >= 0.6 is 8.03 Å². The minimum absolute atomic E-state index is 0.238. The van der Waals surface area contributed by atoms with E-state index in [0.29, 0.717) is 6.61 Å². The Bertz CT molecular complexity index is 134. The summed E-state index contributed by atoms with van der Waals surface area (Å²) < 4.78 is 19.1. The van der Waals surface area contributed by atoms with Crippen LogP contribution in [0.3, 0.4) is 0 Å². The summed E-state index contributed by atoms with van der Waals surface area (Å²) in [5, 5.41) is 8.02. The molecule has 1 atom stereocenters. The number of carboxylic acid groups (broad SMARTS) is 1. The van der Waals surface area contributed by atoms with Crippen LogP contribution in [-0.4, -0.2) is 24.2 Å². The average Bonchev–Trinajstić information content (AvgIpc) is 1.88. The molecule has 1 unspecified atom stereocenters. The summed E-state index contributed by atoms with van der Waals surface area (Å²) >= 11 is 0. The SMILES string of the molecule is CCOCO[P+](=O)C(=O)O. The largest absolute Gasteiger partial charge is 0.638 e. The van der Waals surface area contributed by atoms with Crippen LogP contribution in [0.25, 0.3) is 0 Å². The molecule has 0 aromatic heterocycles. The summed E-state index contributed by atoms with van der Waals surface area (Å²) in [6.45, 7) is 1.89. The standard InChI is InChI=1S/C4H7O5P/c1-2-8-3-9-10(7)4(5)6/h2-3H2,1H3/p+1. The van der Waals surface area contributed by atoms with E-state index in [2.05, 4.69) is 9.26 Å².